The van der Waals surface area contributed by atoms with E-state index in [0.29, 0.717) is 18.7 Å². The molecule has 1 saturated heterocycles. The summed E-state index contributed by atoms with van der Waals surface area (Å²) in [5.74, 6) is -1.04. The van der Waals surface area contributed by atoms with Gasteiger partial charge in [0.05, 0.1) is 10.5 Å². The molecule has 3 rings (SSSR count). The molecular formula is C21H23NO5S. The summed E-state index contributed by atoms with van der Waals surface area (Å²) in [4.78, 5) is 25.0. The van der Waals surface area contributed by atoms with E-state index in [2.05, 4.69) is 0 Å². The summed E-state index contributed by atoms with van der Waals surface area (Å²) in [6.07, 6.45) is 0.688. The number of sulfonamides is 1. The van der Waals surface area contributed by atoms with Crippen LogP contribution >= 0.6 is 0 Å². The molecular weight excluding hydrogens is 378 g/mol. The second-order valence-corrected chi connectivity index (χ2v) is 8.85. The lowest BCUT2D eigenvalue weighted by Crippen LogP contribution is -2.28. The van der Waals surface area contributed by atoms with Gasteiger partial charge in [0, 0.05) is 18.7 Å². The molecule has 1 heterocycles. The van der Waals surface area contributed by atoms with Gasteiger partial charge in [-0.2, -0.15) is 4.31 Å². The summed E-state index contributed by atoms with van der Waals surface area (Å²) in [5.41, 5.74) is 1.58. The van der Waals surface area contributed by atoms with Crippen LogP contribution in [0, 0.1) is 6.92 Å². The number of hydrogen-bond acceptors (Lipinski definition) is 5. The standard InChI is InChI=1S/C21H23NO5S/c1-15-8-10-17(11-9-15)20(23)16(2)27-21(24)18-6-5-7-19(14-18)28(25,26)22-12-3-4-13-22/h5-11,14,16H,3-4,12-13H2,1-2H3/t16-/m0/s1. The van der Waals surface area contributed by atoms with E-state index in [9.17, 15) is 18.0 Å². The van der Waals surface area contributed by atoms with Crippen molar-refractivity contribution in [3.8, 4) is 0 Å². The van der Waals surface area contributed by atoms with E-state index in [4.69, 9.17) is 4.74 Å². The molecule has 6 nitrogen and oxygen atoms in total. The summed E-state index contributed by atoms with van der Waals surface area (Å²) in [6, 6.07) is 12.8. The highest BCUT2D eigenvalue weighted by Gasteiger charge is 2.28. The van der Waals surface area contributed by atoms with Crippen LogP contribution in [0.15, 0.2) is 53.4 Å². The Morgan fingerprint density at radius 3 is 2.29 bits per heavy atom. The average molecular weight is 401 g/mol. The Hall–Kier alpha value is -2.51. The van der Waals surface area contributed by atoms with E-state index < -0.39 is 22.1 Å². The molecule has 1 atom stereocenters. The Balaban J connectivity index is 1.74. The molecule has 0 amide bonds. The SMILES string of the molecule is Cc1ccc(C(=O)[C@H](C)OC(=O)c2cccc(S(=O)(=O)N3CCCC3)c2)cc1. The van der Waals surface area contributed by atoms with Gasteiger partial charge in [0.15, 0.2) is 6.10 Å². The number of rotatable bonds is 6. The predicted molar refractivity (Wildman–Crippen MR) is 105 cm³/mol. The third-order valence-electron chi connectivity index (χ3n) is 4.76. The molecule has 0 N–H and O–H groups in total. The highest BCUT2D eigenvalue weighted by molar-refractivity contribution is 7.89. The first kappa shape index (κ1) is 20.2. The number of carbonyl (C=O) groups excluding carboxylic acids is 2. The molecule has 1 fully saturated rings. The average Bonchev–Trinajstić information content (AvgIpc) is 3.24. The first-order chi connectivity index (χ1) is 13.3. The number of hydrogen-bond donors (Lipinski definition) is 0. The number of esters is 1. The lowest BCUT2D eigenvalue weighted by Gasteiger charge is -2.16. The maximum Gasteiger partial charge on any atom is 0.338 e. The lowest BCUT2D eigenvalue weighted by atomic mass is 10.1. The molecule has 0 spiro atoms. The van der Waals surface area contributed by atoms with Crippen molar-refractivity contribution < 1.29 is 22.7 Å². The Labute approximate surface area is 165 Å². The van der Waals surface area contributed by atoms with Crippen molar-refractivity contribution >= 4 is 21.8 Å². The number of nitrogens with zero attached hydrogens (tertiary/aromatic N) is 1. The van der Waals surface area contributed by atoms with E-state index in [-0.39, 0.29) is 16.2 Å². The van der Waals surface area contributed by atoms with Crippen molar-refractivity contribution in [3.63, 3.8) is 0 Å². The van der Waals surface area contributed by atoms with Gasteiger partial charge >= 0.3 is 5.97 Å². The quantitative estimate of drug-likeness (QED) is 0.548. The van der Waals surface area contributed by atoms with Crippen LogP contribution in [0.4, 0.5) is 0 Å². The molecule has 0 bridgehead atoms. The summed E-state index contributed by atoms with van der Waals surface area (Å²) in [5, 5.41) is 0. The van der Waals surface area contributed by atoms with Crippen molar-refractivity contribution in [3.05, 3.63) is 65.2 Å². The number of Topliss-reactive ketones (excluding diaryl/α,β-unsaturated/α-hetero) is 1. The van der Waals surface area contributed by atoms with Crippen LogP contribution in [0.3, 0.4) is 0 Å². The zero-order valence-corrected chi connectivity index (χ0v) is 16.7. The van der Waals surface area contributed by atoms with Crippen LogP contribution in [0.2, 0.25) is 0 Å². The lowest BCUT2D eigenvalue weighted by molar-refractivity contribution is 0.0318. The number of ether oxygens (including phenoxy) is 1. The summed E-state index contributed by atoms with van der Waals surface area (Å²) < 4.78 is 32.0. The van der Waals surface area contributed by atoms with Gasteiger partial charge in [-0.15, -0.1) is 0 Å². The fourth-order valence-electron chi connectivity index (χ4n) is 3.10. The number of ketones is 1. The molecule has 2 aromatic rings. The molecule has 148 valence electrons. The van der Waals surface area contributed by atoms with Crippen molar-refractivity contribution in [2.45, 2.75) is 37.7 Å². The summed E-state index contributed by atoms with van der Waals surface area (Å²) >= 11 is 0. The van der Waals surface area contributed by atoms with Gasteiger partial charge in [0.1, 0.15) is 0 Å². The molecule has 0 aromatic heterocycles. The second-order valence-electron chi connectivity index (χ2n) is 6.92. The third kappa shape index (κ3) is 4.31. The molecule has 2 aromatic carbocycles. The monoisotopic (exact) mass is 401 g/mol. The molecule has 0 unspecified atom stereocenters. The molecule has 7 heteroatoms. The first-order valence-electron chi connectivity index (χ1n) is 9.21. The fraction of sp³-hybridized carbons (Fsp3) is 0.333. The molecule has 0 saturated carbocycles. The molecule has 1 aliphatic heterocycles. The van der Waals surface area contributed by atoms with E-state index in [1.807, 2.05) is 19.1 Å². The second kappa shape index (κ2) is 8.24. The van der Waals surface area contributed by atoms with Crippen LogP contribution in [0.25, 0.3) is 0 Å². The van der Waals surface area contributed by atoms with Crippen molar-refractivity contribution in [1.29, 1.82) is 0 Å². The Morgan fingerprint density at radius 1 is 1.00 bits per heavy atom. The maximum absolute atomic E-state index is 12.7. The van der Waals surface area contributed by atoms with Crippen LogP contribution < -0.4 is 0 Å². The Bertz CT molecular complexity index is 976. The largest absolute Gasteiger partial charge is 0.451 e. The smallest absolute Gasteiger partial charge is 0.338 e. The highest BCUT2D eigenvalue weighted by Crippen LogP contribution is 2.22. The van der Waals surface area contributed by atoms with Gasteiger partial charge in [-0.05, 0) is 44.9 Å². The minimum atomic E-state index is -3.63. The minimum absolute atomic E-state index is 0.0568. The van der Waals surface area contributed by atoms with Crippen molar-refractivity contribution in [2.75, 3.05) is 13.1 Å². The minimum Gasteiger partial charge on any atom is -0.451 e. The zero-order valence-electron chi connectivity index (χ0n) is 15.9. The van der Waals surface area contributed by atoms with E-state index in [1.165, 1.54) is 35.5 Å². The van der Waals surface area contributed by atoms with E-state index in [0.717, 1.165) is 18.4 Å². The van der Waals surface area contributed by atoms with Gasteiger partial charge in [-0.1, -0.05) is 35.9 Å². The number of benzene rings is 2. The van der Waals surface area contributed by atoms with Crippen LogP contribution in [0.1, 0.15) is 46.0 Å². The van der Waals surface area contributed by atoms with Gasteiger partial charge in [-0.25, -0.2) is 13.2 Å². The first-order valence-corrected chi connectivity index (χ1v) is 10.6. The van der Waals surface area contributed by atoms with Gasteiger partial charge in [0.2, 0.25) is 15.8 Å². The van der Waals surface area contributed by atoms with E-state index in [1.54, 1.807) is 12.1 Å². The molecule has 28 heavy (non-hydrogen) atoms. The van der Waals surface area contributed by atoms with Crippen LogP contribution in [-0.2, 0) is 14.8 Å². The molecule has 0 radical (unpaired) electrons. The Morgan fingerprint density at radius 2 is 1.64 bits per heavy atom. The van der Waals surface area contributed by atoms with Crippen molar-refractivity contribution in [1.82, 2.24) is 4.31 Å². The predicted octanol–water partition coefficient (Wildman–Crippen LogP) is 3.21. The normalized spacial score (nSPS) is 15.9. The number of aryl methyl sites for hydroxylation is 1. The third-order valence-corrected chi connectivity index (χ3v) is 6.66. The van der Waals surface area contributed by atoms with Gasteiger partial charge in [-0.3, -0.25) is 4.79 Å². The van der Waals surface area contributed by atoms with Gasteiger partial charge < -0.3 is 4.74 Å². The van der Waals surface area contributed by atoms with Crippen LogP contribution in [0.5, 0.6) is 0 Å². The molecule has 0 aliphatic carbocycles. The maximum atomic E-state index is 12.7. The fourth-order valence-corrected chi connectivity index (χ4v) is 4.66. The van der Waals surface area contributed by atoms with E-state index >= 15 is 0 Å². The van der Waals surface area contributed by atoms with Gasteiger partial charge in [0.25, 0.3) is 0 Å². The summed E-state index contributed by atoms with van der Waals surface area (Å²) in [6.45, 7) is 4.39. The molecule has 1 aliphatic rings. The zero-order chi connectivity index (χ0) is 20.3. The van der Waals surface area contributed by atoms with Crippen LogP contribution in [-0.4, -0.2) is 43.7 Å². The summed E-state index contributed by atoms with van der Waals surface area (Å²) in [7, 11) is -3.63. The Kier molecular flexibility index (Phi) is 5.96. The topological polar surface area (TPSA) is 80.8 Å². The van der Waals surface area contributed by atoms with Crippen molar-refractivity contribution in [2.24, 2.45) is 0 Å². The number of carbonyl (C=O) groups is 2. The highest BCUT2D eigenvalue weighted by atomic mass is 32.2.